The minimum Gasteiger partial charge on any atom is -0.493 e. The summed E-state index contributed by atoms with van der Waals surface area (Å²) in [4.78, 5) is 22.0. The van der Waals surface area contributed by atoms with E-state index in [4.69, 9.17) is 16.3 Å². The Hall–Kier alpha value is -2.80. The Kier molecular flexibility index (Phi) is 6.59. The molecule has 0 aliphatic carbocycles. The van der Waals surface area contributed by atoms with Crippen molar-refractivity contribution in [2.24, 2.45) is 0 Å². The van der Waals surface area contributed by atoms with Gasteiger partial charge in [-0.05, 0) is 31.0 Å². The minimum absolute atomic E-state index is 0.147. The summed E-state index contributed by atoms with van der Waals surface area (Å²) < 4.78 is 5.63. The number of carbonyl (C=O) groups is 1. The van der Waals surface area contributed by atoms with Gasteiger partial charge in [0, 0.05) is 18.7 Å². The lowest BCUT2D eigenvalue weighted by Crippen LogP contribution is -2.30. The van der Waals surface area contributed by atoms with Crippen LogP contribution in [0.2, 0.25) is 5.02 Å². The quantitative estimate of drug-likeness (QED) is 0.439. The number of halogens is 1. The van der Waals surface area contributed by atoms with Crippen LogP contribution in [0.5, 0.6) is 5.75 Å². The second-order valence-electron chi connectivity index (χ2n) is 5.27. The van der Waals surface area contributed by atoms with Gasteiger partial charge in [-0.25, -0.2) is 4.79 Å². The van der Waals surface area contributed by atoms with Crippen LogP contribution in [-0.4, -0.2) is 24.1 Å². The lowest BCUT2D eigenvalue weighted by molar-refractivity contribution is -0.384. The van der Waals surface area contributed by atoms with Gasteiger partial charge in [0.1, 0.15) is 5.75 Å². The van der Waals surface area contributed by atoms with Crippen LogP contribution in [0.25, 0.3) is 0 Å². The summed E-state index contributed by atoms with van der Waals surface area (Å²) in [6.45, 7) is 2.82. The molecule has 0 saturated heterocycles. The summed E-state index contributed by atoms with van der Waals surface area (Å²) in [6.07, 6.45) is 0.615. The number of aryl methyl sites for hydroxylation is 1. The molecule has 2 rings (SSSR count). The molecule has 0 bridgehead atoms. The molecule has 0 aliphatic heterocycles. The number of anilines is 1. The lowest BCUT2D eigenvalue weighted by Gasteiger charge is -2.10. The number of nitrogens with zero attached hydrogens (tertiary/aromatic N) is 1. The van der Waals surface area contributed by atoms with E-state index in [1.54, 1.807) is 0 Å². The molecular formula is C17H18ClN3O4. The average Bonchev–Trinajstić information content (AvgIpc) is 2.58. The van der Waals surface area contributed by atoms with Crippen LogP contribution < -0.4 is 15.4 Å². The van der Waals surface area contributed by atoms with E-state index >= 15 is 0 Å². The monoisotopic (exact) mass is 363 g/mol. The highest BCUT2D eigenvalue weighted by Crippen LogP contribution is 2.26. The van der Waals surface area contributed by atoms with Gasteiger partial charge < -0.3 is 15.4 Å². The predicted molar refractivity (Wildman–Crippen MR) is 96.4 cm³/mol. The number of nitro groups is 1. The Labute approximate surface area is 150 Å². The van der Waals surface area contributed by atoms with Gasteiger partial charge in [0.05, 0.1) is 22.2 Å². The highest BCUT2D eigenvalue weighted by atomic mass is 35.5. The van der Waals surface area contributed by atoms with Crippen molar-refractivity contribution in [3.63, 3.8) is 0 Å². The summed E-state index contributed by atoms with van der Waals surface area (Å²) >= 11 is 5.93. The van der Waals surface area contributed by atoms with Gasteiger partial charge in [-0.1, -0.05) is 29.8 Å². The van der Waals surface area contributed by atoms with Gasteiger partial charge >= 0.3 is 6.03 Å². The fourth-order valence-electron chi connectivity index (χ4n) is 2.06. The highest BCUT2D eigenvalue weighted by molar-refractivity contribution is 6.33. The third-order valence-corrected chi connectivity index (χ3v) is 3.70. The average molecular weight is 364 g/mol. The molecule has 25 heavy (non-hydrogen) atoms. The number of hydrogen-bond acceptors (Lipinski definition) is 4. The fraction of sp³-hybridized carbons (Fsp3) is 0.235. The molecule has 2 aromatic rings. The van der Waals surface area contributed by atoms with Crippen LogP contribution in [0.15, 0.2) is 42.5 Å². The number of non-ortho nitro benzene ring substituents is 1. The minimum atomic E-state index is -0.553. The summed E-state index contributed by atoms with van der Waals surface area (Å²) in [6, 6.07) is 11.1. The summed E-state index contributed by atoms with van der Waals surface area (Å²) in [7, 11) is 0. The number of ether oxygens (including phenoxy) is 1. The Bertz CT molecular complexity index is 767. The van der Waals surface area contributed by atoms with Crippen molar-refractivity contribution >= 4 is 29.0 Å². The van der Waals surface area contributed by atoms with Crippen LogP contribution in [-0.2, 0) is 0 Å². The molecule has 8 heteroatoms. The predicted octanol–water partition coefficient (Wildman–Crippen LogP) is 4.15. The lowest BCUT2D eigenvalue weighted by atomic mass is 10.2. The van der Waals surface area contributed by atoms with Crippen LogP contribution >= 0.6 is 11.6 Å². The van der Waals surface area contributed by atoms with E-state index in [0.29, 0.717) is 19.6 Å². The normalized spacial score (nSPS) is 10.2. The Morgan fingerprint density at radius 2 is 2.04 bits per heavy atom. The maximum absolute atomic E-state index is 11.8. The van der Waals surface area contributed by atoms with Crippen LogP contribution in [0.3, 0.4) is 0 Å². The van der Waals surface area contributed by atoms with Crippen molar-refractivity contribution in [3.05, 3.63) is 63.2 Å². The molecule has 132 valence electrons. The molecule has 7 nitrogen and oxygen atoms in total. The van der Waals surface area contributed by atoms with Crippen LogP contribution in [0.1, 0.15) is 12.0 Å². The van der Waals surface area contributed by atoms with Gasteiger partial charge in [-0.3, -0.25) is 10.1 Å². The molecule has 0 heterocycles. The number of para-hydroxylation sites is 1. The number of hydrogen-bond donors (Lipinski definition) is 2. The number of nitro benzene ring substituents is 1. The van der Waals surface area contributed by atoms with Crippen molar-refractivity contribution in [1.29, 1.82) is 0 Å². The molecule has 2 amide bonds. The molecule has 0 spiro atoms. The second-order valence-corrected chi connectivity index (χ2v) is 5.68. The molecule has 2 aromatic carbocycles. The van der Waals surface area contributed by atoms with Gasteiger partial charge in [-0.15, -0.1) is 0 Å². The molecule has 0 aliphatic rings. The largest absolute Gasteiger partial charge is 0.493 e. The van der Waals surface area contributed by atoms with Crippen molar-refractivity contribution in [1.82, 2.24) is 5.32 Å². The third kappa shape index (κ3) is 5.65. The molecule has 0 atom stereocenters. The van der Waals surface area contributed by atoms with Crippen molar-refractivity contribution in [2.45, 2.75) is 13.3 Å². The first-order chi connectivity index (χ1) is 12.0. The number of rotatable bonds is 7. The molecule has 0 aromatic heterocycles. The molecule has 0 unspecified atom stereocenters. The van der Waals surface area contributed by atoms with E-state index in [-0.39, 0.29) is 16.4 Å². The van der Waals surface area contributed by atoms with Gasteiger partial charge in [-0.2, -0.15) is 0 Å². The second kappa shape index (κ2) is 8.89. The van der Waals surface area contributed by atoms with Gasteiger partial charge in [0.25, 0.3) is 5.69 Å². The van der Waals surface area contributed by atoms with E-state index in [1.165, 1.54) is 18.2 Å². The van der Waals surface area contributed by atoms with Gasteiger partial charge in [0.2, 0.25) is 0 Å². The van der Waals surface area contributed by atoms with Crippen molar-refractivity contribution in [3.8, 4) is 5.75 Å². The summed E-state index contributed by atoms with van der Waals surface area (Å²) in [5.74, 6) is 0.815. The molecule has 0 radical (unpaired) electrons. The Morgan fingerprint density at radius 1 is 1.28 bits per heavy atom. The van der Waals surface area contributed by atoms with E-state index < -0.39 is 11.0 Å². The van der Waals surface area contributed by atoms with E-state index in [2.05, 4.69) is 10.6 Å². The molecular weight excluding hydrogens is 346 g/mol. The number of benzene rings is 2. The van der Waals surface area contributed by atoms with E-state index in [9.17, 15) is 14.9 Å². The molecule has 2 N–H and O–H groups in total. The fourth-order valence-corrected chi connectivity index (χ4v) is 2.23. The zero-order valence-electron chi connectivity index (χ0n) is 13.6. The maximum atomic E-state index is 11.8. The van der Waals surface area contributed by atoms with Crippen molar-refractivity contribution in [2.75, 3.05) is 18.5 Å². The van der Waals surface area contributed by atoms with Crippen LogP contribution in [0, 0.1) is 17.0 Å². The van der Waals surface area contributed by atoms with E-state index in [1.807, 2.05) is 31.2 Å². The Balaban J connectivity index is 1.75. The maximum Gasteiger partial charge on any atom is 0.319 e. The zero-order valence-corrected chi connectivity index (χ0v) is 14.4. The van der Waals surface area contributed by atoms with E-state index in [0.717, 1.165) is 11.3 Å². The first-order valence-electron chi connectivity index (χ1n) is 7.64. The molecule has 0 saturated carbocycles. The number of urea groups is 1. The first-order valence-corrected chi connectivity index (χ1v) is 8.02. The highest BCUT2D eigenvalue weighted by Gasteiger charge is 2.11. The number of amides is 2. The topological polar surface area (TPSA) is 93.5 Å². The summed E-state index contributed by atoms with van der Waals surface area (Å²) in [5.41, 5.74) is 1.09. The number of carbonyl (C=O) groups excluding carboxylic acids is 1. The third-order valence-electron chi connectivity index (χ3n) is 3.37. The van der Waals surface area contributed by atoms with Crippen LogP contribution in [0.4, 0.5) is 16.2 Å². The number of nitrogens with one attached hydrogen (secondary N) is 2. The summed E-state index contributed by atoms with van der Waals surface area (Å²) in [5, 5.41) is 16.1. The SMILES string of the molecule is Cc1ccccc1OCCCNC(=O)Nc1cc([N+](=O)[O-])ccc1Cl. The standard InChI is InChI=1S/C17H18ClN3O4/c1-12-5-2-3-6-16(12)25-10-4-9-19-17(22)20-15-11-13(21(23)24)7-8-14(15)18/h2-3,5-8,11H,4,9-10H2,1H3,(H2,19,20,22). The van der Waals surface area contributed by atoms with Crippen molar-refractivity contribution < 1.29 is 14.5 Å². The Morgan fingerprint density at radius 3 is 2.76 bits per heavy atom. The van der Waals surface area contributed by atoms with Gasteiger partial charge in [0.15, 0.2) is 0 Å². The smallest absolute Gasteiger partial charge is 0.319 e. The molecule has 0 fully saturated rings. The first kappa shape index (κ1) is 18.5. The zero-order chi connectivity index (χ0) is 18.2.